The normalized spacial score (nSPS) is 18.7. The van der Waals surface area contributed by atoms with Gasteiger partial charge in [-0.15, -0.1) is 0 Å². The van der Waals surface area contributed by atoms with Crippen molar-refractivity contribution in [1.82, 2.24) is 34.7 Å². The fourth-order valence-electron chi connectivity index (χ4n) is 3.32. The molecule has 0 amide bonds. The van der Waals surface area contributed by atoms with Gasteiger partial charge in [0.15, 0.2) is 11.5 Å². The van der Waals surface area contributed by atoms with Crippen LogP contribution in [0.15, 0.2) is 17.4 Å². The van der Waals surface area contributed by atoms with E-state index in [1.54, 1.807) is 17.2 Å². The zero-order chi connectivity index (χ0) is 15.8. The summed E-state index contributed by atoms with van der Waals surface area (Å²) in [6.45, 7) is 4.27. The molecular weight excluding hydrogens is 296 g/mol. The lowest BCUT2D eigenvalue weighted by molar-refractivity contribution is 0.470. The molecule has 0 saturated carbocycles. The van der Waals surface area contributed by atoms with Crippen LogP contribution in [-0.2, 0) is 6.54 Å². The Morgan fingerprint density at radius 2 is 2.26 bits per heavy atom. The molecule has 0 aliphatic carbocycles. The molecule has 0 spiro atoms. The second-order valence-corrected chi connectivity index (χ2v) is 5.71. The van der Waals surface area contributed by atoms with Crippen molar-refractivity contribution in [3.63, 3.8) is 0 Å². The molecule has 1 unspecified atom stereocenters. The number of rotatable bonds is 3. The molecule has 1 aliphatic heterocycles. The summed E-state index contributed by atoms with van der Waals surface area (Å²) in [6, 6.07) is 0. The fraction of sp³-hybridized carbons (Fsp3) is 0.500. The predicted octanol–water partition coefficient (Wildman–Crippen LogP) is 0.642. The average Bonchev–Trinajstić information content (AvgIpc) is 3.20. The summed E-state index contributed by atoms with van der Waals surface area (Å²) in [7, 11) is 0. The Hall–Kier alpha value is -2.71. The zero-order valence-electron chi connectivity index (χ0n) is 12.9. The Labute approximate surface area is 131 Å². The predicted molar refractivity (Wildman–Crippen MR) is 84.4 cm³/mol. The summed E-state index contributed by atoms with van der Waals surface area (Å²) in [5.41, 5.74) is 1.38. The van der Waals surface area contributed by atoms with Crippen LogP contribution in [-0.4, -0.2) is 47.8 Å². The molecule has 0 bridgehead atoms. The Morgan fingerprint density at radius 1 is 1.35 bits per heavy atom. The highest BCUT2D eigenvalue weighted by molar-refractivity contribution is 5.82. The van der Waals surface area contributed by atoms with Crippen LogP contribution in [0.2, 0.25) is 0 Å². The standard InChI is InChI=1S/C14H18N8O/c1-2-22-12(19-20-14(22)23)9-4-3-5-21(6-9)13-10-11(16-7-15-10)17-8-18-13/h7-9H,2-6H2,1H3,(H,20,23)(H,15,16,17,18). The molecule has 120 valence electrons. The first-order chi connectivity index (χ1) is 11.3. The number of anilines is 1. The third-order valence-electron chi connectivity index (χ3n) is 4.39. The molecule has 0 radical (unpaired) electrons. The van der Waals surface area contributed by atoms with Gasteiger partial charge in [-0.1, -0.05) is 0 Å². The minimum Gasteiger partial charge on any atom is -0.354 e. The minimum absolute atomic E-state index is 0.141. The molecule has 1 aliphatic rings. The molecule has 3 aromatic rings. The van der Waals surface area contributed by atoms with E-state index in [4.69, 9.17) is 0 Å². The van der Waals surface area contributed by atoms with Gasteiger partial charge in [-0.2, -0.15) is 5.10 Å². The van der Waals surface area contributed by atoms with Crippen molar-refractivity contribution >= 4 is 17.0 Å². The maximum atomic E-state index is 11.8. The van der Waals surface area contributed by atoms with E-state index in [9.17, 15) is 4.79 Å². The fourth-order valence-corrected chi connectivity index (χ4v) is 3.32. The van der Waals surface area contributed by atoms with Gasteiger partial charge >= 0.3 is 5.69 Å². The second-order valence-electron chi connectivity index (χ2n) is 5.71. The number of H-pyrrole nitrogens is 2. The van der Waals surface area contributed by atoms with Crippen molar-refractivity contribution in [2.45, 2.75) is 32.2 Å². The number of nitrogens with zero attached hydrogens (tertiary/aromatic N) is 6. The van der Waals surface area contributed by atoms with Gasteiger partial charge in [-0.25, -0.2) is 24.8 Å². The molecule has 4 heterocycles. The van der Waals surface area contributed by atoms with E-state index in [-0.39, 0.29) is 11.6 Å². The molecule has 9 heteroatoms. The first-order valence-electron chi connectivity index (χ1n) is 7.82. The van der Waals surface area contributed by atoms with Gasteiger partial charge < -0.3 is 9.88 Å². The highest BCUT2D eigenvalue weighted by Gasteiger charge is 2.27. The van der Waals surface area contributed by atoms with Crippen LogP contribution < -0.4 is 10.6 Å². The zero-order valence-corrected chi connectivity index (χ0v) is 12.9. The molecular formula is C14H18N8O. The van der Waals surface area contributed by atoms with Gasteiger partial charge in [0.05, 0.1) is 6.33 Å². The molecule has 0 aromatic carbocycles. The van der Waals surface area contributed by atoms with Crippen molar-refractivity contribution in [3.05, 3.63) is 29.0 Å². The third kappa shape index (κ3) is 2.28. The summed E-state index contributed by atoms with van der Waals surface area (Å²) in [4.78, 5) is 29.9. The second kappa shape index (κ2) is 5.49. The van der Waals surface area contributed by atoms with Crippen LogP contribution in [0, 0.1) is 0 Å². The Balaban J connectivity index is 1.67. The van der Waals surface area contributed by atoms with Gasteiger partial charge in [-0.05, 0) is 19.8 Å². The quantitative estimate of drug-likeness (QED) is 0.734. The van der Waals surface area contributed by atoms with E-state index in [2.05, 4.69) is 35.0 Å². The van der Waals surface area contributed by atoms with Gasteiger partial charge in [0.25, 0.3) is 0 Å². The molecule has 4 rings (SSSR count). The van der Waals surface area contributed by atoms with E-state index in [0.717, 1.165) is 43.1 Å². The average molecular weight is 314 g/mol. The number of piperidine rings is 1. The van der Waals surface area contributed by atoms with E-state index < -0.39 is 0 Å². The molecule has 1 fully saturated rings. The summed E-state index contributed by atoms with van der Waals surface area (Å²) >= 11 is 0. The first-order valence-corrected chi connectivity index (χ1v) is 7.82. The smallest absolute Gasteiger partial charge is 0.343 e. The lowest BCUT2D eigenvalue weighted by Gasteiger charge is -2.33. The van der Waals surface area contributed by atoms with Crippen molar-refractivity contribution < 1.29 is 0 Å². The highest BCUT2D eigenvalue weighted by Crippen LogP contribution is 2.29. The van der Waals surface area contributed by atoms with Crippen LogP contribution in [0.4, 0.5) is 5.82 Å². The van der Waals surface area contributed by atoms with Gasteiger partial charge in [0.1, 0.15) is 17.7 Å². The number of nitrogens with one attached hydrogen (secondary N) is 2. The minimum atomic E-state index is -0.141. The number of hydrogen-bond acceptors (Lipinski definition) is 6. The van der Waals surface area contributed by atoms with Crippen molar-refractivity contribution in [3.8, 4) is 0 Å². The van der Waals surface area contributed by atoms with E-state index >= 15 is 0 Å². The third-order valence-corrected chi connectivity index (χ3v) is 4.39. The summed E-state index contributed by atoms with van der Waals surface area (Å²) < 4.78 is 1.71. The van der Waals surface area contributed by atoms with Crippen LogP contribution in [0.1, 0.15) is 31.5 Å². The molecule has 23 heavy (non-hydrogen) atoms. The van der Waals surface area contributed by atoms with Gasteiger partial charge in [0.2, 0.25) is 0 Å². The molecule has 3 aromatic heterocycles. The van der Waals surface area contributed by atoms with Crippen molar-refractivity contribution in [1.29, 1.82) is 0 Å². The summed E-state index contributed by atoms with van der Waals surface area (Å²) in [6.07, 6.45) is 5.21. The summed E-state index contributed by atoms with van der Waals surface area (Å²) in [5.74, 6) is 1.89. The van der Waals surface area contributed by atoms with E-state index in [1.165, 1.54) is 0 Å². The lowest BCUT2D eigenvalue weighted by atomic mass is 9.97. The Morgan fingerprint density at radius 3 is 3.13 bits per heavy atom. The SMILES string of the molecule is CCn1c(C2CCCN(c3ncnc4nc[nH]c34)C2)n[nH]c1=O. The molecule has 1 atom stereocenters. The monoisotopic (exact) mass is 314 g/mol. The largest absolute Gasteiger partial charge is 0.354 e. The van der Waals surface area contributed by atoms with Gasteiger partial charge in [0, 0.05) is 25.6 Å². The number of aromatic amines is 2. The van der Waals surface area contributed by atoms with Crippen LogP contribution in [0.5, 0.6) is 0 Å². The lowest BCUT2D eigenvalue weighted by Crippen LogP contribution is -2.36. The molecule has 1 saturated heterocycles. The maximum Gasteiger partial charge on any atom is 0.343 e. The van der Waals surface area contributed by atoms with E-state index in [1.807, 2.05) is 6.92 Å². The maximum absolute atomic E-state index is 11.8. The van der Waals surface area contributed by atoms with Crippen molar-refractivity contribution in [2.75, 3.05) is 18.0 Å². The number of imidazole rings is 1. The Bertz CT molecular complexity index is 878. The molecule has 2 N–H and O–H groups in total. The van der Waals surface area contributed by atoms with Crippen molar-refractivity contribution in [2.24, 2.45) is 0 Å². The van der Waals surface area contributed by atoms with Crippen LogP contribution in [0.25, 0.3) is 11.2 Å². The van der Waals surface area contributed by atoms with Gasteiger partial charge in [-0.3, -0.25) is 4.57 Å². The van der Waals surface area contributed by atoms with Crippen LogP contribution in [0.3, 0.4) is 0 Å². The van der Waals surface area contributed by atoms with E-state index in [0.29, 0.717) is 12.2 Å². The highest BCUT2D eigenvalue weighted by atomic mass is 16.1. The number of hydrogen-bond donors (Lipinski definition) is 2. The first kappa shape index (κ1) is 13.9. The topological polar surface area (TPSA) is 108 Å². The Kier molecular flexibility index (Phi) is 3.32. The number of fused-ring (bicyclic) bond motifs is 1. The summed E-state index contributed by atoms with van der Waals surface area (Å²) in [5, 5.41) is 6.80. The number of aromatic nitrogens is 7. The van der Waals surface area contributed by atoms with Crippen LogP contribution >= 0.6 is 0 Å². The molecule has 9 nitrogen and oxygen atoms in total.